The first-order valence-corrected chi connectivity index (χ1v) is 6.46. The van der Waals surface area contributed by atoms with Gasteiger partial charge in [-0.2, -0.15) is 0 Å². The van der Waals surface area contributed by atoms with Gasteiger partial charge >= 0.3 is 0 Å². The molecule has 14 heavy (non-hydrogen) atoms. The molecule has 1 heterocycles. The molecule has 0 aromatic rings. The van der Waals surface area contributed by atoms with Crippen molar-refractivity contribution in [3.05, 3.63) is 0 Å². The van der Waals surface area contributed by atoms with E-state index in [1.165, 1.54) is 17.5 Å². The molecule has 1 N–H and O–H groups in total. The van der Waals surface area contributed by atoms with Crippen molar-refractivity contribution in [2.75, 3.05) is 19.3 Å². The lowest BCUT2D eigenvalue weighted by molar-refractivity contribution is -0.119. The van der Waals surface area contributed by atoms with Gasteiger partial charge in [-0.1, -0.05) is 0 Å². The number of hydrogen-bond acceptors (Lipinski definition) is 3. The van der Waals surface area contributed by atoms with Crippen LogP contribution in [-0.2, 0) is 14.8 Å². The third-order valence-electron chi connectivity index (χ3n) is 2.33. The van der Waals surface area contributed by atoms with Crippen LogP contribution in [0.15, 0.2) is 0 Å². The fourth-order valence-corrected chi connectivity index (χ4v) is 2.49. The molecule has 1 saturated heterocycles. The third-order valence-corrected chi connectivity index (χ3v) is 3.63. The fourth-order valence-electron chi connectivity index (χ4n) is 1.62. The minimum atomic E-state index is -3.06. The van der Waals surface area contributed by atoms with Crippen LogP contribution in [0.3, 0.4) is 0 Å². The summed E-state index contributed by atoms with van der Waals surface area (Å²) >= 11 is 0. The van der Waals surface area contributed by atoms with Crippen molar-refractivity contribution in [2.45, 2.75) is 25.8 Å². The second-order valence-corrected chi connectivity index (χ2v) is 5.62. The van der Waals surface area contributed by atoms with Gasteiger partial charge in [0.15, 0.2) is 0 Å². The first-order chi connectivity index (χ1) is 6.39. The predicted octanol–water partition coefficient (Wildman–Crippen LogP) is -0.453. The van der Waals surface area contributed by atoms with Gasteiger partial charge in [-0.25, -0.2) is 12.7 Å². The topological polar surface area (TPSA) is 66.5 Å². The maximum atomic E-state index is 11.2. The van der Waals surface area contributed by atoms with E-state index in [1.54, 1.807) is 0 Å². The molecule has 82 valence electrons. The molecule has 0 atom stereocenters. The average Bonchev–Trinajstić information content (AvgIpc) is 2.02. The molecule has 1 aliphatic rings. The van der Waals surface area contributed by atoms with E-state index in [-0.39, 0.29) is 11.9 Å². The molecule has 1 aliphatic heterocycles. The van der Waals surface area contributed by atoms with E-state index in [1.807, 2.05) is 0 Å². The van der Waals surface area contributed by atoms with E-state index in [0.29, 0.717) is 25.9 Å². The lowest BCUT2D eigenvalue weighted by Gasteiger charge is -2.30. The van der Waals surface area contributed by atoms with Gasteiger partial charge < -0.3 is 5.32 Å². The number of amides is 1. The minimum absolute atomic E-state index is 0.0530. The van der Waals surface area contributed by atoms with Crippen LogP contribution >= 0.6 is 0 Å². The predicted molar refractivity (Wildman–Crippen MR) is 53.3 cm³/mol. The van der Waals surface area contributed by atoms with Crippen LogP contribution in [0.1, 0.15) is 19.8 Å². The zero-order valence-corrected chi connectivity index (χ0v) is 9.30. The fraction of sp³-hybridized carbons (Fsp3) is 0.875. The van der Waals surface area contributed by atoms with Crippen molar-refractivity contribution < 1.29 is 13.2 Å². The van der Waals surface area contributed by atoms with Gasteiger partial charge in [0.05, 0.1) is 6.26 Å². The maximum absolute atomic E-state index is 11.2. The Kier molecular flexibility index (Phi) is 3.49. The Morgan fingerprint density at radius 3 is 2.21 bits per heavy atom. The molecule has 0 spiro atoms. The molecule has 1 fully saturated rings. The maximum Gasteiger partial charge on any atom is 0.217 e. The van der Waals surface area contributed by atoms with Crippen LogP contribution in [0.4, 0.5) is 0 Å². The Hall–Kier alpha value is -0.620. The van der Waals surface area contributed by atoms with Gasteiger partial charge in [0.2, 0.25) is 15.9 Å². The lowest BCUT2D eigenvalue weighted by atomic mass is 10.1. The number of carbonyl (C=O) groups excluding carboxylic acids is 1. The molecule has 5 nitrogen and oxygen atoms in total. The van der Waals surface area contributed by atoms with Gasteiger partial charge in [0, 0.05) is 26.1 Å². The summed E-state index contributed by atoms with van der Waals surface area (Å²) < 4.78 is 23.8. The van der Waals surface area contributed by atoms with Crippen molar-refractivity contribution in [1.29, 1.82) is 0 Å². The van der Waals surface area contributed by atoms with E-state index < -0.39 is 10.0 Å². The molecule has 0 aromatic carbocycles. The molecule has 0 saturated carbocycles. The zero-order chi connectivity index (χ0) is 10.8. The van der Waals surface area contributed by atoms with Crippen LogP contribution in [-0.4, -0.2) is 44.0 Å². The van der Waals surface area contributed by atoms with E-state index in [9.17, 15) is 13.2 Å². The SMILES string of the molecule is CC(=O)NC1CCN(S(C)(=O)=O)CC1. The Morgan fingerprint density at radius 2 is 1.86 bits per heavy atom. The quantitative estimate of drug-likeness (QED) is 0.685. The van der Waals surface area contributed by atoms with Crippen LogP contribution in [0, 0.1) is 0 Å². The Labute approximate surface area is 84.5 Å². The summed E-state index contributed by atoms with van der Waals surface area (Å²) in [4.78, 5) is 10.7. The van der Waals surface area contributed by atoms with E-state index in [4.69, 9.17) is 0 Å². The van der Waals surface area contributed by atoms with E-state index in [0.717, 1.165) is 0 Å². The molecule has 0 aromatic heterocycles. The molecule has 0 radical (unpaired) electrons. The summed E-state index contributed by atoms with van der Waals surface area (Å²) in [6, 6.07) is 0.130. The highest BCUT2D eigenvalue weighted by Gasteiger charge is 2.24. The number of piperidine rings is 1. The largest absolute Gasteiger partial charge is 0.354 e. The minimum Gasteiger partial charge on any atom is -0.354 e. The zero-order valence-electron chi connectivity index (χ0n) is 8.49. The van der Waals surface area contributed by atoms with Crippen LogP contribution in [0.2, 0.25) is 0 Å². The summed E-state index contributed by atoms with van der Waals surface area (Å²) in [7, 11) is -3.06. The van der Waals surface area contributed by atoms with Crippen LogP contribution in [0.5, 0.6) is 0 Å². The molecule has 0 unspecified atom stereocenters. The average molecular weight is 220 g/mol. The number of rotatable bonds is 2. The van der Waals surface area contributed by atoms with Crippen molar-refractivity contribution in [3.63, 3.8) is 0 Å². The van der Waals surface area contributed by atoms with Crippen molar-refractivity contribution in [3.8, 4) is 0 Å². The van der Waals surface area contributed by atoms with Crippen LogP contribution in [0.25, 0.3) is 0 Å². The summed E-state index contributed by atoms with van der Waals surface area (Å²) in [5, 5.41) is 2.79. The highest BCUT2D eigenvalue weighted by Crippen LogP contribution is 2.12. The van der Waals surface area contributed by atoms with Gasteiger partial charge in [0.25, 0.3) is 0 Å². The summed E-state index contributed by atoms with van der Waals surface area (Å²) in [5.41, 5.74) is 0. The molecule has 1 rings (SSSR count). The molecular formula is C8H16N2O3S. The summed E-state index contributed by atoms with van der Waals surface area (Å²) in [5.74, 6) is -0.0530. The van der Waals surface area contributed by atoms with Crippen molar-refractivity contribution in [2.24, 2.45) is 0 Å². The molecule has 1 amide bonds. The van der Waals surface area contributed by atoms with E-state index in [2.05, 4.69) is 5.32 Å². The molecule has 0 aliphatic carbocycles. The lowest BCUT2D eigenvalue weighted by Crippen LogP contribution is -2.45. The monoisotopic (exact) mass is 220 g/mol. The van der Waals surface area contributed by atoms with Crippen molar-refractivity contribution >= 4 is 15.9 Å². The first kappa shape index (κ1) is 11.5. The van der Waals surface area contributed by atoms with Crippen LogP contribution < -0.4 is 5.32 Å². The smallest absolute Gasteiger partial charge is 0.217 e. The summed E-state index contributed by atoms with van der Waals surface area (Å²) in [6.45, 7) is 2.48. The Morgan fingerprint density at radius 1 is 1.36 bits per heavy atom. The molecule has 6 heteroatoms. The number of nitrogens with one attached hydrogen (secondary N) is 1. The first-order valence-electron chi connectivity index (χ1n) is 4.62. The van der Waals surface area contributed by atoms with E-state index >= 15 is 0 Å². The van der Waals surface area contributed by atoms with Gasteiger partial charge in [-0.15, -0.1) is 0 Å². The highest BCUT2D eigenvalue weighted by molar-refractivity contribution is 7.88. The second-order valence-electron chi connectivity index (χ2n) is 3.64. The number of hydrogen-bond donors (Lipinski definition) is 1. The molecular weight excluding hydrogens is 204 g/mol. The van der Waals surface area contributed by atoms with Gasteiger partial charge in [-0.3, -0.25) is 4.79 Å². The Bertz CT molecular complexity index is 305. The second kappa shape index (κ2) is 4.27. The number of carbonyl (C=O) groups is 1. The van der Waals surface area contributed by atoms with Gasteiger partial charge in [-0.05, 0) is 12.8 Å². The Balaban J connectivity index is 2.43. The number of nitrogens with zero attached hydrogens (tertiary/aromatic N) is 1. The van der Waals surface area contributed by atoms with Gasteiger partial charge in [0.1, 0.15) is 0 Å². The standard InChI is InChI=1S/C8H16N2O3S/c1-7(11)9-8-3-5-10(6-4-8)14(2,12)13/h8H,3-6H2,1-2H3,(H,9,11). The molecule has 0 bridgehead atoms. The highest BCUT2D eigenvalue weighted by atomic mass is 32.2. The normalized spacial score (nSPS) is 20.7. The number of sulfonamides is 1. The third kappa shape index (κ3) is 3.26. The van der Waals surface area contributed by atoms with Crippen molar-refractivity contribution in [1.82, 2.24) is 9.62 Å². The summed E-state index contributed by atoms with van der Waals surface area (Å²) in [6.07, 6.45) is 2.62.